The average molecular weight is 158 g/mol. The van der Waals surface area contributed by atoms with Crippen LogP contribution in [0.5, 0.6) is 0 Å². The molecule has 0 aliphatic carbocycles. The number of rotatable bonds is 2. The van der Waals surface area contributed by atoms with Crippen molar-refractivity contribution in [2.45, 2.75) is 5.76 Å². The Kier molecular flexibility index (Phi) is 5.57. The van der Waals surface area contributed by atoms with Crippen molar-refractivity contribution < 1.29 is 26.1 Å². The molecule has 0 aromatic rings. The normalized spacial score (nSPS) is 11.1. The fourth-order valence-corrected chi connectivity index (χ4v) is 0.0825. The minimum atomic E-state index is -5.24. The summed E-state index contributed by atoms with van der Waals surface area (Å²) in [6, 6.07) is 0. The molecule has 0 aromatic heterocycles. The van der Waals surface area contributed by atoms with Crippen LogP contribution in [0.25, 0.3) is 0 Å². The summed E-state index contributed by atoms with van der Waals surface area (Å²) in [5, 5.41) is 0. The summed E-state index contributed by atoms with van der Waals surface area (Å²) < 4.78 is 52.8. The molecule has 0 N–H and O–H groups in total. The van der Waals surface area contributed by atoms with Crippen molar-refractivity contribution in [1.29, 1.82) is 0 Å². The van der Waals surface area contributed by atoms with Gasteiger partial charge < -0.3 is 0 Å². The van der Waals surface area contributed by atoms with Crippen molar-refractivity contribution in [2.24, 2.45) is 0 Å². The van der Waals surface area contributed by atoms with Gasteiger partial charge in [0.25, 0.3) is 0 Å². The van der Waals surface area contributed by atoms with Crippen molar-refractivity contribution in [3.63, 3.8) is 0 Å². The van der Waals surface area contributed by atoms with Gasteiger partial charge in [0.1, 0.15) is 0 Å². The Bertz CT molecular complexity index is 152. The zero-order valence-corrected chi connectivity index (χ0v) is 4.16. The fraction of sp³-hybridized carbons (Fsp3) is 1.00. The molecule has 0 spiro atoms. The van der Waals surface area contributed by atoms with Crippen molar-refractivity contribution in [3.8, 4) is 0 Å². The first-order valence-corrected chi connectivity index (χ1v) is 2.80. The second-order valence-corrected chi connectivity index (χ2v) is 2.28. The van der Waals surface area contributed by atoms with Gasteiger partial charge in [0.2, 0.25) is 0 Å². The quantitative estimate of drug-likeness (QED) is 0.522. The third-order valence-electron chi connectivity index (χ3n) is 0.306. The molecule has 0 unspecified atom stereocenters. The second kappa shape index (κ2) is 4.17. The molecule has 3 nitrogen and oxygen atoms in total. The Balaban J connectivity index is 0. The Hall–Kier alpha value is 0.297. The van der Waals surface area contributed by atoms with E-state index in [4.69, 9.17) is 0 Å². The molecule has 0 aliphatic rings. The molecule has 0 aliphatic heterocycles. The zero-order valence-electron chi connectivity index (χ0n) is 3.34. The van der Waals surface area contributed by atoms with E-state index in [0.29, 0.717) is 0 Å². The van der Waals surface area contributed by atoms with E-state index in [9.17, 15) is 21.7 Å². The van der Waals surface area contributed by atoms with Gasteiger partial charge in [-0.15, -0.1) is 0 Å². The van der Waals surface area contributed by atoms with Gasteiger partial charge in [-0.25, -0.2) is 0 Å². The molecule has 0 amide bonds. The Morgan fingerprint density at radius 2 is 1.67 bits per heavy atom. The molecule has 52 valence electrons. The summed E-state index contributed by atoms with van der Waals surface area (Å²) in [6.07, 6.45) is 0. The molecule has 0 fully saturated rings. The van der Waals surface area contributed by atoms with Crippen LogP contribution in [0.1, 0.15) is 0 Å². The van der Waals surface area contributed by atoms with E-state index >= 15 is 0 Å². The second-order valence-electron chi connectivity index (χ2n) is 0.816. The van der Waals surface area contributed by atoms with Crippen LogP contribution in [0.3, 0.4) is 0 Å². The van der Waals surface area contributed by atoms with Crippen LogP contribution >= 0.6 is 0 Å². The zero-order chi connectivity index (χ0) is 6.78. The molecule has 0 bridgehead atoms. The SMILES string of the molecule is O=S(=O)(OF)C(F)F.[LiH]. The first-order valence-electron chi connectivity index (χ1n) is 1.33. The maximum atomic E-state index is 10.9. The van der Waals surface area contributed by atoms with Gasteiger partial charge in [-0.2, -0.15) is 17.2 Å². The average Bonchev–Trinajstić information content (AvgIpc) is 1.67. The summed E-state index contributed by atoms with van der Waals surface area (Å²) in [7, 11) is -5.24. The summed E-state index contributed by atoms with van der Waals surface area (Å²) in [4.78, 5) is 0. The summed E-state index contributed by atoms with van der Waals surface area (Å²) >= 11 is 0. The molecule has 0 saturated carbocycles. The van der Waals surface area contributed by atoms with Gasteiger partial charge in [-0.1, -0.05) is 4.39 Å². The van der Waals surface area contributed by atoms with Gasteiger partial charge in [-0.05, 0) is 4.53 Å². The van der Waals surface area contributed by atoms with E-state index in [0.717, 1.165) is 0 Å². The number of hydrogen-bond donors (Lipinski definition) is 0. The molecule has 8 heteroatoms. The van der Waals surface area contributed by atoms with E-state index in [-0.39, 0.29) is 18.9 Å². The summed E-state index contributed by atoms with van der Waals surface area (Å²) in [6.45, 7) is 0. The summed E-state index contributed by atoms with van der Waals surface area (Å²) in [5.41, 5.74) is 0. The number of alkyl halides is 2. The standard InChI is InChI=1S/CHF3O3S.Li.H/c2-1(3)8(5,6)7-4;;/h1H;;. The molecule has 0 rings (SSSR count). The molecule has 0 radical (unpaired) electrons. The molecule has 0 aromatic carbocycles. The Morgan fingerprint density at radius 3 is 1.67 bits per heavy atom. The van der Waals surface area contributed by atoms with Gasteiger partial charge >= 0.3 is 34.7 Å². The van der Waals surface area contributed by atoms with Gasteiger partial charge in [0, 0.05) is 0 Å². The molecule has 0 heterocycles. The molecule has 9 heavy (non-hydrogen) atoms. The van der Waals surface area contributed by atoms with Gasteiger partial charge in [0.15, 0.2) is 0 Å². The van der Waals surface area contributed by atoms with Crippen LogP contribution in [0.15, 0.2) is 0 Å². The van der Waals surface area contributed by atoms with Crippen LogP contribution in [0.4, 0.5) is 13.3 Å². The van der Waals surface area contributed by atoms with Crippen molar-refractivity contribution in [3.05, 3.63) is 0 Å². The van der Waals surface area contributed by atoms with Crippen molar-refractivity contribution >= 4 is 29.0 Å². The van der Waals surface area contributed by atoms with Crippen LogP contribution in [0.2, 0.25) is 0 Å². The van der Waals surface area contributed by atoms with E-state index in [1.54, 1.807) is 0 Å². The van der Waals surface area contributed by atoms with E-state index in [2.05, 4.69) is 0 Å². The minimum absolute atomic E-state index is 0. The molecule has 0 saturated heterocycles. The van der Waals surface area contributed by atoms with Crippen molar-refractivity contribution in [1.82, 2.24) is 0 Å². The number of hydrogen-bond acceptors (Lipinski definition) is 3. The van der Waals surface area contributed by atoms with E-state index in [1.807, 2.05) is 4.39 Å². The monoisotopic (exact) mass is 158 g/mol. The fourth-order valence-electron chi connectivity index (χ4n) is 0.0275. The van der Waals surface area contributed by atoms with Gasteiger partial charge in [-0.3, -0.25) is 0 Å². The topological polar surface area (TPSA) is 43.4 Å². The van der Waals surface area contributed by atoms with Crippen LogP contribution < -0.4 is 0 Å². The maximum absolute atomic E-state index is 10.9. The third kappa shape index (κ3) is 3.81. The van der Waals surface area contributed by atoms with E-state index in [1.165, 1.54) is 0 Å². The Morgan fingerprint density at radius 1 is 1.33 bits per heavy atom. The van der Waals surface area contributed by atoms with Crippen LogP contribution in [0, 0.1) is 0 Å². The van der Waals surface area contributed by atoms with Crippen LogP contribution in [-0.2, 0) is 14.5 Å². The van der Waals surface area contributed by atoms with Crippen LogP contribution in [-0.4, -0.2) is 33.0 Å². The first-order chi connectivity index (χ1) is 3.50. The van der Waals surface area contributed by atoms with Crippen molar-refractivity contribution in [2.75, 3.05) is 0 Å². The predicted molar refractivity (Wildman–Crippen MR) is 24.3 cm³/mol. The Labute approximate surface area is 61.4 Å². The first kappa shape index (κ1) is 12.0. The third-order valence-corrected chi connectivity index (χ3v) is 0.918. The predicted octanol–water partition coefficient (Wildman–Crippen LogP) is -0.209. The molecular weight excluding hydrogens is 156 g/mol. The van der Waals surface area contributed by atoms with Gasteiger partial charge in [0.05, 0.1) is 0 Å². The molecule has 0 atom stereocenters. The molecular formula is CH2F3LiO3S. The summed E-state index contributed by atoms with van der Waals surface area (Å²) in [5.74, 6) is -3.81. The van der Waals surface area contributed by atoms with E-state index < -0.39 is 15.9 Å². The number of halogens is 3.